The van der Waals surface area contributed by atoms with E-state index in [1.54, 1.807) is 12.1 Å². The first kappa shape index (κ1) is 16.2. The second-order valence-electron chi connectivity index (χ2n) is 5.03. The Kier molecular flexibility index (Phi) is 5.18. The van der Waals surface area contributed by atoms with Crippen LogP contribution in [0.4, 0.5) is 4.39 Å². The molecule has 0 amide bonds. The predicted octanol–water partition coefficient (Wildman–Crippen LogP) is 1.77. The van der Waals surface area contributed by atoms with Crippen LogP contribution in [0.15, 0.2) is 18.2 Å². The van der Waals surface area contributed by atoms with Gasteiger partial charge in [-0.2, -0.15) is 4.31 Å². The molecular formula is C14H20FNO4S. The molecular weight excluding hydrogens is 297 g/mol. The zero-order valence-corrected chi connectivity index (χ0v) is 13.0. The maximum atomic E-state index is 13.5. The molecule has 118 valence electrons. The lowest BCUT2D eigenvalue weighted by Gasteiger charge is -2.37. The van der Waals surface area contributed by atoms with E-state index in [1.165, 1.54) is 17.5 Å². The highest BCUT2D eigenvalue weighted by molar-refractivity contribution is 7.89. The first-order valence-corrected chi connectivity index (χ1v) is 8.49. The van der Waals surface area contributed by atoms with Crippen molar-refractivity contribution in [2.24, 2.45) is 0 Å². The Labute approximate surface area is 124 Å². The average molecular weight is 317 g/mol. The fraction of sp³-hybridized carbons (Fsp3) is 0.571. The SMILES string of the molecule is CCCS(=O)(=O)N1CC(OCc2ccc(OC)c(F)c2)C1. The number of hydrogen-bond acceptors (Lipinski definition) is 4. The highest BCUT2D eigenvalue weighted by Gasteiger charge is 2.35. The van der Waals surface area contributed by atoms with Gasteiger partial charge in [-0.1, -0.05) is 13.0 Å². The van der Waals surface area contributed by atoms with Crippen molar-refractivity contribution in [2.75, 3.05) is 26.0 Å². The number of rotatable bonds is 7. The summed E-state index contributed by atoms with van der Waals surface area (Å²) in [6, 6.07) is 4.64. The molecule has 1 aromatic carbocycles. The van der Waals surface area contributed by atoms with Crippen molar-refractivity contribution in [1.82, 2.24) is 4.31 Å². The van der Waals surface area contributed by atoms with Crippen molar-refractivity contribution in [3.05, 3.63) is 29.6 Å². The molecule has 0 bridgehead atoms. The summed E-state index contributed by atoms with van der Waals surface area (Å²) in [7, 11) is -1.72. The first-order chi connectivity index (χ1) is 9.96. The molecule has 21 heavy (non-hydrogen) atoms. The zero-order valence-electron chi connectivity index (χ0n) is 12.2. The van der Waals surface area contributed by atoms with Crippen LogP contribution < -0.4 is 4.74 Å². The van der Waals surface area contributed by atoms with E-state index < -0.39 is 15.8 Å². The molecule has 0 saturated carbocycles. The van der Waals surface area contributed by atoms with Crippen LogP contribution in [0, 0.1) is 5.82 Å². The van der Waals surface area contributed by atoms with Crippen LogP contribution in [0.5, 0.6) is 5.75 Å². The predicted molar refractivity (Wildman–Crippen MR) is 77.2 cm³/mol. The smallest absolute Gasteiger partial charge is 0.214 e. The number of hydrogen-bond donors (Lipinski definition) is 0. The van der Waals surface area contributed by atoms with Gasteiger partial charge in [0.15, 0.2) is 11.6 Å². The van der Waals surface area contributed by atoms with E-state index in [1.807, 2.05) is 6.92 Å². The summed E-state index contributed by atoms with van der Waals surface area (Å²) in [6.07, 6.45) is 0.483. The van der Waals surface area contributed by atoms with Crippen molar-refractivity contribution >= 4 is 10.0 Å². The third-order valence-corrected chi connectivity index (χ3v) is 5.38. The third-order valence-electron chi connectivity index (χ3n) is 3.37. The molecule has 0 N–H and O–H groups in total. The van der Waals surface area contributed by atoms with E-state index >= 15 is 0 Å². The van der Waals surface area contributed by atoms with E-state index in [4.69, 9.17) is 9.47 Å². The van der Waals surface area contributed by atoms with E-state index in [9.17, 15) is 12.8 Å². The molecule has 0 atom stereocenters. The van der Waals surface area contributed by atoms with Crippen LogP contribution in [0.1, 0.15) is 18.9 Å². The van der Waals surface area contributed by atoms with Crippen molar-refractivity contribution < 1.29 is 22.3 Å². The molecule has 7 heteroatoms. The van der Waals surface area contributed by atoms with Gasteiger partial charge >= 0.3 is 0 Å². The lowest BCUT2D eigenvalue weighted by molar-refractivity contribution is -0.0296. The summed E-state index contributed by atoms with van der Waals surface area (Å²) >= 11 is 0. The Balaban J connectivity index is 1.80. The summed E-state index contributed by atoms with van der Waals surface area (Å²) in [6.45, 7) is 2.85. The van der Waals surface area contributed by atoms with Crippen LogP contribution in [-0.2, 0) is 21.4 Å². The molecule has 0 radical (unpaired) electrons. The maximum Gasteiger partial charge on any atom is 0.214 e. The van der Waals surface area contributed by atoms with Gasteiger partial charge in [-0.3, -0.25) is 0 Å². The number of benzene rings is 1. The van der Waals surface area contributed by atoms with E-state index in [-0.39, 0.29) is 24.2 Å². The van der Waals surface area contributed by atoms with E-state index in [0.717, 1.165) is 0 Å². The molecule has 1 fully saturated rings. The summed E-state index contributed by atoms with van der Waals surface area (Å²) in [4.78, 5) is 0. The Hall–Kier alpha value is -1.18. The van der Waals surface area contributed by atoms with Crippen LogP contribution in [0.2, 0.25) is 0 Å². The van der Waals surface area contributed by atoms with Crippen LogP contribution >= 0.6 is 0 Å². The minimum Gasteiger partial charge on any atom is -0.494 e. The molecule has 5 nitrogen and oxygen atoms in total. The lowest BCUT2D eigenvalue weighted by Crippen LogP contribution is -2.55. The van der Waals surface area contributed by atoms with E-state index in [2.05, 4.69) is 0 Å². The molecule has 1 aromatic rings. The van der Waals surface area contributed by atoms with Crippen molar-refractivity contribution in [2.45, 2.75) is 26.1 Å². The van der Waals surface area contributed by atoms with Gasteiger partial charge in [-0.15, -0.1) is 0 Å². The summed E-state index contributed by atoms with van der Waals surface area (Å²) in [5, 5.41) is 0. The minimum absolute atomic E-state index is 0.123. The number of nitrogens with zero attached hydrogens (tertiary/aromatic N) is 1. The van der Waals surface area contributed by atoms with Gasteiger partial charge in [-0.25, -0.2) is 12.8 Å². The summed E-state index contributed by atoms with van der Waals surface area (Å²) < 4.78 is 48.9. The normalized spacial score (nSPS) is 16.7. The number of sulfonamides is 1. The molecule has 1 saturated heterocycles. The van der Waals surface area contributed by atoms with Gasteiger partial charge in [0.1, 0.15) is 0 Å². The average Bonchev–Trinajstić information content (AvgIpc) is 2.36. The topological polar surface area (TPSA) is 55.8 Å². The van der Waals surface area contributed by atoms with Gasteiger partial charge in [-0.05, 0) is 24.1 Å². The minimum atomic E-state index is -3.13. The zero-order chi connectivity index (χ0) is 15.5. The third kappa shape index (κ3) is 3.93. The fourth-order valence-corrected chi connectivity index (χ4v) is 3.70. The Morgan fingerprint density at radius 3 is 2.67 bits per heavy atom. The molecule has 0 unspecified atom stereocenters. The largest absolute Gasteiger partial charge is 0.494 e. The Bertz CT molecular complexity index is 585. The standard InChI is InChI=1S/C14H20FNO4S/c1-3-6-21(17,18)16-8-12(9-16)20-10-11-4-5-14(19-2)13(15)7-11/h4-5,7,12H,3,6,8-10H2,1-2H3. The van der Waals surface area contributed by atoms with Gasteiger partial charge in [0.05, 0.1) is 25.6 Å². The molecule has 0 aliphatic carbocycles. The second kappa shape index (κ2) is 6.72. The first-order valence-electron chi connectivity index (χ1n) is 6.88. The van der Waals surface area contributed by atoms with Gasteiger partial charge in [0, 0.05) is 13.1 Å². The number of methoxy groups -OCH3 is 1. The van der Waals surface area contributed by atoms with Crippen molar-refractivity contribution in [1.29, 1.82) is 0 Å². The summed E-state index contributed by atoms with van der Waals surface area (Å²) in [5.74, 6) is -0.0674. The monoisotopic (exact) mass is 317 g/mol. The molecule has 0 spiro atoms. The number of halogens is 1. The number of ether oxygens (including phenoxy) is 2. The molecule has 0 aromatic heterocycles. The fourth-order valence-electron chi connectivity index (χ4n) is 2.13. The Morgan fingerprint density at radius 2 is 2.10 bits per heavy atom. The van der Waals surface area contributed by atoms with E-state index in [0.29, 0.717) is 25.1 Å². The maximum absolute atomic E-state index is 13.5. The summed E-state index contributed by atoms with van der Waals surface area (Å²) in [5.41, 5.74) is 0.697. The highest BCUT2D eigenvalue weighted by atomic mass is 32.2. The molecule has 2 rings (SSSR count). The lowest BCUT2D eigenvalue weighted by atomic mass is 10.2. The Morgan fingerprint density at radius 1 is 1.38 bits per heavy atom. The van der Waals surface area contributed by atoms with Crippen molar-refractivity contribution in [3.63, 3.8) is 0 Å². The van der Waals surface area contributed by atoms with Crippen molar-refractivity contribution in [3.8, 4) is 5.75 Å². The quantitative estimate of drug-likeness (QED) is 0.769. The van der Waals surface area contributed by atoms with Crippen LogP contribution in [-0.4, -0.2) is 44.8 Å². The molecule has 1 aliphatic heterocycles. The van der Waals surface area contributed by atoms with Gasteiger partial charge in [0.25, 0.3) is 0 Å². The van der Waals surface area contributed by atoms with Gasteiger partial charge < -0.3 is 9.47 Å². The molecule has 1 heterocycles. The van der Waals surface area contributed by atoms with Crippen LogP contribution in [0.25, 0.3) is 0 Å². The molecule has 1 aliphatic rings. The highest BCUT2D eigenvalue weighted by Crippen LogP contribution is 2.21. The van der Waals surface area contributed by atoms with Gasteiger partial charge in [0.2, 0.25) is 10.0 Å². The van der Waals surface area contributed by atoms with Crippen LogP contribution in [0.3, 0.4) is 0 Å². The second-order valence-corrected chi connectivity index (χ2v) is 7.12.